The number of H-pyrrole nitrogens is 1. The smallest absolute Gasteiger partial charge is 0.126 e. The summed E-state index contributed by atoms with van der Waals surface area (Å²) >= 11 is 0. The number of phenols is 1. The highest BCUT2D eigenvalue weighted by Gasteiger charge is 2.27. The predicted molar refractivity (Wildman–Crippen MR) is 103 cm³/mol. The molecule has 1 aliphatic heterocycles. The molecule has 2 heterocycles. The summed E-state index contributed by atoms with van der Waals surface area (Å²) in [6, 6.07) is 15.4. The number of ether oxygens (including phenoxy) is 2. The maximum atomic E-state index is 10.1. The van der Waals surface area contributed by atoms with E-state index in [-0.39, 0.29) is 6.04 Å². The van der Waals surface area contributed by atoms with Gasteiger partial charge in [-0.15, -0.1) is 0 Å². The Morgan fingerprint density at radius 1 is 1.22 bits per heavy atom. The van der Waals surface area contributed by atoms with Crippen LogP contribution in [0, 0.1) is 0 Å². The van der Waals surface area contributed by atoms with Gasteiger partial charge in [0, 0.05) is 18.7 Å². The average molecular weight is 365 g/mol. The van der Waals surface area contributed by atoms with E-state index in [2.05, 4.69) is 14.9 Å². The molecular formula is C21H23N3O3. The lowest BCUT2D eigenvalue weighted by atomic mass is 10.1. The number of nitrogens with zero attached hydrogens (tertiary/aromatic N) is 2. The van der Waals surface area contributed by atoms with E-state index >= 15 is 0 Å². The first-order valence-corrected chi connectivity index (χ1v) is 9.02. The topological polar surface area (TPSA) is 70.6 Å². The van der Waals surface area contributed by atoms with E-state index < -0.39 is 0 Å². The molecule has 0 spiro atoms. The van der Waals surface area contributed by atoms with Crippen molar-refractivity contribution in [3.05, 3.63) is 66.1 Å². The number of imidazole rings is 1. The molecule has 6 heteroatoms. The summed E-state index contributed by atoms with van der Waals surface area (Å²) < 4.78 is 10.9. The molecular weight excluding hydrogens is 342 g/mol. The molecule has 2 aromatic carbocycles. The van der Waals surface area contributed by atoms with Gasteiger partial charge in [0.05, 0.1) is 38.3 Å². The summed E-state index contributed by atoms with van der Waals surface area (Å²) in [6.07, 6.45) is 1.85. The molecule has 1 aliphatic rings. The van der Waals surface area contributed by atoms with E-state index in [1.807, 2.05) is 48.7 Å². The standard InChI is InChI=1S/C21H23N3O3/c1-26-17-8-6-15(7-9-17)18-12-22-21(23-18)19-14-27-11-10-24(19)13-16-4-2-3-5-20(16)25/h2-9,12,19,25H,10-11,13-14H2,1H3,(H,22,23). The van der Waals surface area contributed by atoms with Gasteiger partial charge in [0.1, 0.15) is 17.3 Å². The second-order valence-corrected chi connectivity index (χ2v) is 6.60. The van der Waals surface area contributed by atoms with Crippen molar-refractivity contribution in [3.63, 3.8) is 0 Å². The van der Waals surface area contributed by atoms with Crippen molar-refractivity contribution in [1.82, 2.24) is 14.9 Å². The van der Waals surface area contributed by atoms with Crippen LogP contribution in [0.2, 0.25) is 0 Å². The Balaban J connectivity index is 1.55. The average Bonchev–Trinajstić information content (AvgIpc) is 3.20. The van der Waals surface area contributed by atoms with Crippen molar-refractivity contribution in [1.29, 1.82) is 0 Å². The molecule has 6 nitrogen and oxygen atoms in total. The number of hydrogen-bond donors (Lipinski definition) is 2. The predicted octanol–water partition coefficient (Wildman–Crippen LogP) is 3.36. The van der Waals surface area contributed by atoms with E-state index in [1.165, 1.54) is 0 Å². The highest BCUT2D eigenvalue weighted by molar-refractivity contribution is 5.59. The SMILES string of the molecule is COc1ccc(-c2cnc(C3COCCN3Cc3ccccc3O)[nH]2)cc1. The van der Waals surface area contributed by atoms with Crippen molar-refractivity contribution in [3.8, 4) is 22.8 Å². The lowest BCUT2D eigenvalue weighted by Gasteiger charge is -2.34. The minimum Gasteiger partial charge on any atom is -0.508 e. The van der Waals surface area contributed by atoms with Crippen LogP contribution in [0.3, 0.4) is 0 Å². The zero-order valence-corrected chi connectivity index (χ0v) is 15.3. The van der Waals surface area contributed by atoms with Crippen LogP contribution in [-0.2, 0) is 11.3 Å². The second kappa shape index (κ2) is 7.82. The second-order valence-electron chi connectivity index (χ2n) is 6.60. The van der Waals surface area contributed by atoms with Crippen LogP contribution in [-0.4, -0.2) is 46.8 Å². The number of hydrogen-bond acceptors (Lipinski definition) is 5. The summed E-state index contributed by atoms with van der Waals surface area (Å²) in [7, 11) is 1.66. The van der Waals surface area contributed by atoms with E-state index in [9.17, 15) is 5.11 Å². The molecule has 0 saturated carbocycles. The number of methoxy groups -OCH3 is 1. The zero-order valence-electron chi connectivity index (χ0n) is 15.3. The van der Waals surface area contributed by atoms with E-state index in [0.717, 1.165) is 34.9 Å². The van der Waals surface area contributed by atoms with Gasteiger partial charge in [-0.2, -0.15) is 0 Å². The molecule has 0 bridgehead atoms. The van der Waals surface area contributed by atoms with Crippen LogP contribution in [0.25, 0.3) is 11.3 Å². The third kappa shape index (κ3) is 3.82. The van der Waals surface area contributed by atoms with Crippen LogP contribution >= 0.6 is 0 Å². The highest BCUT2D eigenvalue weighted by Crippen LogP contribution is 2.28. The number of benzene rings is 2. The largest absolute Gasteiger partial charge is 0.508 e. The van der Waals surface area contributed by atoms with E-state index in [4.69, 9.17) is 9.47 Å². The van der Waals surface area contributed by atoms with Gasteiger partial charge in [0.25, 0.3) is 0 Å². The minimum atomic E-state index is 0.0188. The lowest BCUT2D eigenvalue weighted by Crippen LogP contribution is -2.39. The molecule has 1 fully saturated rings. The lowest BCUT2D eigenvalue weighted by molar-refractivity contribution is -0.0158. The third-order valence-electron chi connectivity index (χ3n) is 4.92. The molecule has 2 N–H and O–H groups in total. The summed E-state index contributed by atoms with van der Waals surface area (Å²) in [5.74, 6) is 2.02. The molecule has 1 atom stereocenters. The maximum Gasteiger partial charge on any atom is 0.126 e. The molecule has 27 heavy (non-hydrogen) atoms. The van der Waals surface area contributed by atoms with E-state index in [0.29, 0.717) is 25.5 Å². The Hall–Kier alpha value is -2.83. The molecule has 3 aromatic rings. The fourth-order valence-electron chi connectivity index (χ4n) is 3.37. The Kier molecular flexibility index (Phi) is 5.09. The van der Waals surface area contributed by atoms with Crippen LogP contribution in [0.15, 0.2) is 54.7 Å². The third-order valence-corrected chi connectivity index (χ3v) is 4.92. The summed E-state index contributed by atoms with van der Waals surface area (Å²) in [6.45, 7) is 2.69. The molecule has 0 radical (unpaired) electrons. The van der Waals surface area contributed by atoms with Crippen LogP contribution in [0.1, 0.15) is 17.4 Å². The first kappa shape index (κ1) is 17.6. The number of para-hydroxylation sites is 1. The fraction of sp³-hybridized carbons (Fsp3) is 0.286. The van der Waals surface area contributed by atoms with Gasteiger partial charge in [-0.25, -0.2) is 4.98 Å². The molecule has 0 aliphatic carbocycles. The van der Waals surface area contributed by atoms with Crippen molar-refractivity contribution < 1.29 is 14.6 Å². The van der Waals surface area contributed by atoms with Gasteiger partial charge >= 0.3 is 0 Å². The van der Waals surface area contributed by atoms with Crippen LogP contribution < -0.4 is 4.74 Å². The van der Waals surface area contributed by atoms with Gasteiger partial charge in [0.2, 0.25) is 0 Å². The summed E-state index contributed by atoms with van der Waals surface area (Å²) in [4.78, 5) is 10.3. The van der Waals surface area contributed by atoms with Crippen molar-refractivity contribution in [2.75, 3.05) is 26.9 Å². The fourth-order valence-corrected chi connectivity index (χ4v) is 3.37. The maximum absolute atomic E-state index is 10.1. The Bertz CT molecular complexity index is 892. The summed E-state index contributed by atoms with van der Waals surface area (Å²) in [5, 5.41) is 10.1. The first-order chi connectivity index (χ1) is 13.2. The van der Waals surface area contributed by atoms with Gasteiger partial charge in [0.15, 0.2) is 0 Å². The zero-order chi connectivity index (χ0) is 18.6. The molecule has 1 aromatic heterocycles. The molecule has 1 saturated heterocycles. The molecule has 4 rings (SSSR count). The monoisotopic (exact) mass is 365 g/mol. The van der Waals surface area contributed by atoms with E-state index in [1.54, 1.807) is 13.2 Å². The number of aromatic amines is 1. The van der Waals surface area contributed by atoms with Gasteiger partial charge < -0.3 is 19.6 Å². The van der Waals surface area contributed by atoms with Gasteiger partial charge in [-0.1, -0.05) is 18.2 Å². The van der Waals surface area contributed by atoms with Crippen molar-refractivity contribution in [2.24, 2.45) is 0 Å². The highest BCUT2D eigenvalue weighted by atomic mass is 16.5. The number of aromatic hydroxyl groups is 1. The summed E-state index contributed by atoms with van der Waals surface area (Å²) in [5.41, 5.74) is 2.92. The Labute approximate surface area is 158 Å². The number of nitrogens with one attached hydrogen (secondary N) is 1. The van der Waals surface area contributed by atoms with Crippen molar-refractivity contribution >= 4 is 0 Å². The number of aromatic nitrogens is 2. The van der Waals surface area contributed by atoms with Gasteiger partial charge in [-0.3, -0.25) is 4.90 Å². The van der Waals surface area contributed by atoms with Crippen molar-refractivity contribution in [2.45, 2.75) is 12.6 Å². The number of phenolic OH excluding ortho intramolecular Hbond substituents is 1. The minimum absolute atomic E-state index is 0.0188. The molecule has 1 unspecified atom stereocenters. The van der Waals surface area contributed by atoms with Crippen LogP contribution in [0.4, 0.5) is 0 Å². The van der Waals surface area contributed by atoms with Crippen LogP contribution in [0.5, 0.6) is 11.5 Å². The normalized spacial score (nSPS) is 17.7. The first-order valence-electron chi connectivity index (χ1n) is 9.02. The quantitative estimate of drug-likeness (QED) is 0.725. The number of rotatable bonds is 5. The Morgan fingerprint density at radius 2 is 2.04 bits per heavy atom. The molecule has 0 amide bonds. The van der Waals surface area contributed by atoms with Gasteiger partial charge in [-0.05, 0) is 35.9 Å². The number of morpholine rings is 1. The Morgan fingerprint density at radius 3 is 2.81 bits per heavy atom. The molecule has 140 valence electrons.